The van der Waals surface area contributed by atoms with E-state index in [1.165, 1.54) is 10.9 Å². The van der Waals surface area contributed by atoms with E-state index in [4.69, 9.17) is 14.2 Å². The smallest absolute Gasteiger partial charge is 0.231 e. The second kappa shape index (κ2) is 6.59. The molecule has 3 aromatic carbocycles. The van der Waals surface area contributed by atoms with Crippen molar-refractivity contribution >= 4 is 21.5 Å². The van der Waals surface area contributed by atoms with Crippen molar-refractivity contribution in [2.45, 2.75) is 32.0 Å². The molecular weight excluding hydrogens is 342 g/mol. The number of hydrogen-bond donors (Lipinski definition) is 1. The highest BCUT2D eigenvalue weighted by atomic mass is 16.7. The Balaban J connectivity index is 1.70. The number of aliphatic hydroxyl groups excluding tert-OH is 1. The zero-order valence-corrected chi connectivity index (χ0v) is 15.4. The first-order valence-corrected chi connectivity index (χ1v) is 9.48. The molecule has 3 aromatic rings. The van der Waals surface area contributed by atoms with Crippen molar-refractivity contribution in [3.63, 3.8) is 0 Å². The van der Waals surface area contributed by atoms with E-state index in [1.54, 1.807) is 7.11 Å². The highest BCUT2D eigenvalue weighted by molar-refractivity contribution is 6.10. The summed E-state index contributed by atoms with van der Waals surface area (Å²) in [7, 11) is 1.69. The van der Waals surface area contributed by atoms with Crippen LogP contribution in [0.2, 0.25) is 0 Å². The molecule has 2 heterocycles. The second-order valence-corrected chi connectivity index (χ2v) is 7.32. The summed E-state index contributed by atoms with van der Waals surface area (Å²) in [5, 5.41) is 14.9. The van der Waals surface area contributed by atoms with E-state index in [9.17, 15) is 5.11 Å². The first kappa shape index (κ1) is 16.7. The van der Waals surface area contributed by atoms with Crippen LogP contribution in [-0.4, -0.2) is 36.7 Å². The summed E-state index contributed by atoms with van der Waals surface area (Å²) in [5.74, 6) is 2.40. The van der Waals surface area contributed by atoms with Gasteiger partial charge in [0, 0.05) is 13.1 Å². The third-order valence-electron chi connectivity index (χ3n) is 5.69. The molecular formula is C22H23NO4. The molecule has 0 bridgehead atoms. The molecule has 5 nitrogen and oxygen atoms in total. The Morgan fingerprint density at radius 2 is 1.89 bits per heavy atom. The number of rotatable bonds is 3. The van der Waals surface area contributed by atoms with Gasteiger partial charge in [0.2, 0.25) is 6.79 Å². The summed E-state index contributed by atoms with van der Waals surface area (Å²) >= 11 is 0. The molecule has 2 aliphatic heterocycles. The minimum absolute atomic E-state index is 0.264. The highest BCUT2D eigenvalue weighted by Gasteiger charge is 2.22. The number of ether oxygens (including phenoxy) is 3. The van der Waals surface area contributed by atoms with E-state index in [0.717, 1.165) is 65.8 Å². The normalized spacial score (nSPS) is 19.7. The topological polar surface area (TPSA) is 51.2 Å². The molecule has 1 saturated heterocycles. The first-order valence-electron chi connectivity index (χ1n) is 9.48. The minimum Gasteiger partial charge on any atom is -0.497 e. The van der Waals surface area contributed by atoms with Gasteiger partial charge in [-0.1, -0.05) is 6.07 Å². The number of hydrogen-bond acceptors (Lipinski definition) is 5. The summed E-state index contributed by atoms with van der Waals surface area (Å²) in [6.07, 6.45) is 2.71. The molecule has 0 saturated carbocycles. The van der Waals surface area contributed by atoms with Crippen LogP contribution in [0, 0.1) is 0 Å². The Labute approximate surface area is 158 Å². The number of fused-ring (bicyclic) bond motifs is 4. The van der Waals surface area contributed by atoms with Crippen LogP contribution in [0.4, 0.5) is 0 Å². The van der Waals surface area contributed by atoms with E-state index < -0.39 is 0 Å². The number of aliphatic hydroxyl groups is 1. The van der Waals surface area contributed by atoms with Crippen LogP contribution in [-0.2, 0) is 6.54 Å². The fraction of sp³-hybridized carbons (Fsp3) is 0.364. The van der Waals surface area contributed by atoms with Crippen LogP contribution in [0.25, 0.3) is 21.5 Å². The Bertz CT molecular complexity index is 1020. The van der Waals surface area contributed by atoms with E-state index >= 15 is 0 Å². The van der Waals surface area contributed by atoms with Crippen molar-refractivity contribution in [1.29, 1.82) is 0 Å². The molecule has 5 heteroatoms. The van der Waals surface area contributed by atoms with E-state index in [-0.39, 0.29) is 13.0 Å². The molecule has 1 N–H and O–H groups in total. The number of likely N-dealkylation sites (tertiary alicyclic amines) is 1. The summed E-state index contributed by atoms with van der Waals surface area (Å²) < 4.78 is 16.6. The van der Waals surface area contributed by atoms with E-state index in [1.807, 2.05) is 12.1 Å². The van der Waals surface area contributed by atoms with Crippen LogP contribution in [0.5, 0.6) is 17.2 Å². The average molecular weight is 365 g/mol. The summed E-state index contributed by atoms with van der Waals surface area (Å²) in [5.41, 5.74) is 1.21. The monoisotopic (exact) mass is 365 g/mol. The van der Waals surface area contributed by atoms with Gasteiger partial charge in [0.15, 0.2) is 11.5 Å². The summed E-state index contributed by atoms with van der Waals surface area (Å²) in [4.78, 5) is 2.17. The first-order chi connectivity index (χ1) is 13.2. The lowest BCUT2D eigenvalue weighted by molar-refractivity contribution is -0.0288. The molecule has 1 fully saturated rings. The Morgan fingerprint density at radius 3 is 2.70 bits per heavy atom. The van der Waals surface area contributed by atoms with Crippen molar-refractivity contribution in [2.75, 3.05) is 20.4 Å². The Hall–Kier alpha value is -2.50. The number of nitrogens with zero attached hydrogens (tertiary/aromatic N) is 1. The largest absolute Gasteiger partial charge is 0.497 e. The molecule has 0 aromatic heterocycles. The lowest BCUT2D eigenvalue weighted by Gasteiger charge is -2.32. The average Bonchev–Trinajstić information content (AvgIpc) is 3.15. The van der Waals surface area contributed by atoms with Crippen LogP contribution < -0.4 is 14.2 Å². The highest BCUT2D eigenvalue weighted by Crippen LogP contribution is 2.40. The Morgan fingerprint density at radius 1 is 1.04 bits per heavy atom. The van der Waals surface area contributed by atoms with Gasteiger partial charge in [0.05, 0.1) is 7.11 Å². The zero-order valence-electron chi connectivity index (χ0n) is 15.4. The van der Waals surface area contributed by atoms with Gasteiger partial charge >= 0.3 is 0 Å². The molecule has 0 aliphatic carbocycles. The maximum Gasteiger partial charge on any atom is 0.231 e. The van der Waals surface area contributed by atoms with Crippen molar-refractivity contribution in [3.05, 3.63) is 42.0 Å². The van der Waals surface area contributed by atoms with Crippen molar-refractivity contribution in [2.24, 2.45) is 0 Å². The van der Waals surface area contributed by atoms with Crippen molar-refractivity contribution in [1.82, 2.24) is 4.90 Å². The molecule has 0 spiro atoms. The Kier molecular flexibility index (Phi) is 4.06. The van der Waals surface area contributed by atoms with Crippen molar-refractivity contribution in [3.8, 4) is 17.2 Å². The molecule has 0 radical (unpaired) electrons. The molecule has 27 heavy (non-hydrogen) atoms. The molecule has 1 atom stereocenters. The van der Waals surface area contributed by atoms with Gasteiger partial charge in [0.1, 0.15) is 12.0 Å². The lowest BCUT2D eigenvalue weighted by Crippen LogP contribution is -2.38. The maximum absolute atomic E-state index is 10.4. The standard InChI is InChI=1S/C22H23NO4/c1-25-16-5-6-17-15(12-23-7-3-2-4-22(23)24)8-14-9-20-21(27-13-26-20)11-18(14)19(17)10-16/h5-6,8-11,22,24H,2-4,7,12-13H2,1H3/t22-/m1/s1. The maximum atomic E-state index is 10.4. The van der Waals surface area contributed by atoms with Gasteiger partial charge in [0.25, 0.3) is 0 Å². The van der Waals surface area contributed by atoms with Gasteiger partial charge in [-0.25, -0.2) is 0 Å². The van der Waals surface area contributed by atoms with E-state index in [2.05, 4.69) is 29.2 Å². The van der Waals surface area contributed by atoms with Gasteiger partial charge in [-0.15, -0.1) is 0 Å². The second-order valence-electron chi connectivity index (χ2n) is 7.32. The predicted molar refractivity (Wildman–Crippen MR) is 104 cm³/mol. The van der Waals surface area contributed by atoms with Crippen LogP contribution in [0.15, 0.2) is 36.4 Å². The lowest BCUT2D eigenvalue weighted by atomic mass is 9.95. The summed E-state index contributed by atoms with van der Waals surface area (Å²) in [6, 6.07) is 12.5. The fourth-order valence-electron chi connectivity index (χ4n) is 4.24. The predicted octanol–water partition coefficient (Wildman–Crippen LogP) is 4.03. The molecule has 0 amide bonds. The zero-order chi connectivity index (χ0) is 18.4. The minimum atomic E-state index is -0.362. The molecule has 2 aliphatic rings. The number of piperidine rings is 1. The van der Waals surface area contributed by atoms with E-state index in [0.29, 0.717) is 0 Å². The van der Waals surface area contributed by atoms with Crippen molar-refractivity contribution < 1.29 is 19.3 Å². The van der Waals surface area contributed by atoms with Crippen LogP contribution >= 0.6 is 0 Å². The quantitative estimate of drug-likeness (QED) is 0.710. The fourth-order valence-corrected chi connectivity index (χ4v) is 4.24. The van der Waals surface area contributed by atoms with Gasteiger partial charge in [-0.05, 0) is 76.7 Å². The number of benzene rings is 3. The van der Waals surface area contributed by atoms with Crippen LogP contribution in [0.1, 0.15) is 24.8 Å². The molecule has 5 rings (SSSR count). The SMILES string of the molecule is COc1ccc2c(CN3CCCC[C@H]3O)cc3cc4c(cc3c2c1)OCO4. The third-order valence-corrected chi connectivity index (χ3v) is 5.69. The van der Waals surface area contributed by atoms with Gasteiger partial charge in [-0.3, -0.25) is 4.90 Å². The third kappa shape index (κ3) is 2.87. The van der Waals surface area contributed by atoms with Crippen LogP contribution in [0.3, 0.4) is 0 Å². The molecule has 140 valence electrons. The summed E-state index contributed by atoms with van der Waals surface area (Å²) in [6.45, 7) is 1.92. The molecule has 0 unspecified atom stereocenters. The van der Waals surface area contributed by atoms with Gasteiger partial charge < -0.3 is 19.3 Å². The van der Waals surface area contributed by atoms with Gasteiger partial charge in [-0.2, -0.15) is 0 Å². The number of methoxy groups -OCH3 is 1.